The zero-order valence-electron chi connectivity index (χ0n) is 7.54. The van der Waals surface area contributed by atoms with Crippen molar-refractivity contribution in [3.8, 4) is 0 Å². The summed E-state index contributed by atoms with van der Waals surface area (Å²) < 4.78 is 36.3. The second-order valence-corrected chi connectivity index (χ2v) is 3.78. The molecule has 0 aliphatic rings. The van der Waals surface area contributed by atoms with Crippen molar-refractivity contribution in [2.24, 2.45) is 5.73 Å². The number of nitrogens with two attached hydrogens (primary N) is 1. The SMILES string of the molecule is NCC(=O)c1ccccc1SC(F)(F)F. The minimum absolute atomic E-state index is 0.0160. The molecule has 0 spiro atoms. The van der Waals surface area contributed by atoms with Gasteiger partial charge in [-0.05, 0) is 17.8 Å². The topological polar surface area (TPSA) is 43.1 Å². The molecule has 0 aromatic heterocycles. The van der Waals surface area contributed by atoms with Gasteiger partial charge in [-0.3, -0.25) is 4.79 Å². The third-order valence-corrected chi connectivity index (χ3v) is 2.41. The molecule has 0 bridgehead atoms. The van der Waals surface area contributed by atoms with Gasteiger partial charge in [0.1, 0.15) is 0 Å². The molecule has 82 valence electrons. The molecule has 2 N–H and O–H groups in total. The van der Waals surface area contributed by atoms with Gasteiger partial charge >= 0.3 is 5.51 Å². The highest BCUT2D eigenvalue weighted by molar-refractivity contribution is 8.00. The molecule has 15 heavy (non-hydrogen) atoms. The van der Waals surface area contributed by atoms with Crippen LogP contribution in [0.5, 0.6) is 0 Å². The number of Topliss-reactive ketones (excluding diaryl/α,β-unsaturated/α-hetero) is 1. The van der Waals surface area contributed by atoms with E-state index in [1.807, 2.05) is 0 Å². The number of thioether (sulfide) groups is 1. The van der Waals surface area contributed by atoms with Crippen LogP contribution in [0.15, 0.2) is 29.2 Å². The number of carbonyl (C=O) groups is 1. The molecule has 1 aromatic rings. The second kappa shape index (κ2) is 4.67. The molecule has 1 rings (SSSR count). The molecular formula is C9H8F3NOS. The Morgan fingerprint density at radius 2 is 1.93 bits per heavy atom. The smallest absolute Gasteiger partial charge is 0.324 e. The minimum Gasteiger partial charge on any atom is -0.324 e. The Hall–Kier alpha value is -1.01. The van der Waals surface area contributed by atoms with E-state index in [0.29, 0.717) is 0 Å². The summed E-state index contributed by atoms with van der Waals surface area (Å²) in [6, 6.07) is 5.54. The number of carbonyl (C=O) groups excluding carboxylic acids is 1. The van der Waals surface area contributed by atoms with Crippen molar-refractivity contribution in [3.05, 3.63) is 29.8 Å². The predicted molar refractivity (Wildman–Crippen MR) is 51.7 cm³/mol. The maximum absolute atomic E-state index is 12.1. The summed E-state index contributed by atoms with van der Waals surface area (Å²) in [7, 11) is 0. The van der Waals surface area contributed by atoms with Gasteiger partial charge in [0.25, 0.3) is 0 Å². The first kappa shape index (κ1) is 12.1. The molecule has 0 saturated heterocycles. The van der Waals surface area contributed by atoms with Gasteiger partial charge in [-0.1, -0.05) is 18.2 Å². The lowest BCUT2D eigenvalue weighted by Gasteiger charge is -2.09. The lowest BCUT2D eigenvalue weighted by Crippen LogP contribution is -2.15. The van der Waals surface area contributed by atoms with E-state index in [9.17, 15) is 18.0 Å². The maximum atomic E-state index is 12.1. The Labute approximate surface area is 88.6 Å². The summed E-state index contributed by atoms with van der Waals surface area (Å²) in [6.45, 7) is -0.296. The fourth-order valence-corrected chi connectivity index (χ4v) is 1.71. The van der Waals surface area contributed by atoms with Crippen LogP contribution in [0.1, 0.15) is 10.4 Å². The molecule has 0 radical (unpaired) electrons. The predicted octanol–water partition coefficient (Wildman–Crippen LogP) is 2.44. The minimum atomic E-state index is -4.40. The van der Waals surface area contributed by atoms with E-state index < -0.39 is 11.3 Å². The van der Waals surface area contributed by atoms with Gasteiger partial charge in [-0.25, -0.2) is 0 Å². The molecule has 0 unspecified atom stereocenters. The number of hydrogen-bond donors (Lipinski definition) is 1. The Bertz CT molecular complexity index is 365. The lowest BCUT2D eigenvalue weighted by atomic mass is 10.1. The molecule has 6 heteroatoms. The van der Waals surface area contributed by atoms with Gasteiger partial charge < -0.3 is 5.73 Å². The quantitative estimate of drug-likeness (QED) is 0.646. The molecule has 2 nitrogen and oxygen atoms in total. The van der Waals surface area contributed by atoms with E-state index in [1.165, 1.54) is 24.3 Å². The summed E-state index contributed by atoms with van der Waals surface area (Å²) >= 11 is -0.305. The molecule has 0 aliphatic heterocycles. The van der Waals surface area contributed by atoms with Crippen LogP contribution >= 0.6 is 11.8 Å². The number of rotatable bonds is 3. The highest BCUT2D eigenvalue weighted by Gasteiger charge is 2.30. The standard InChI is InChI=1S/C9H8F3NOS/c10-9(11,12)15-8-4-2-1-3-6(8)7(14)5-13/h1-4H,5,13H2. The van der Waals surface area contributed by atoms with E-state index in [1.54, 1.807) is 0 Å². The summed E-state index contributed by atoms with van der Waals surface area (Å²) in [5, 5.41) is 0. The van der Waals surface area contributed by atoms with Crippen molar-refractivity contribution in [1.29, 1.82) is 0 Å². The highest BCUT2D eigenvalue weighted by atomic mass is 32.2. The van der Waals surface area contributed by atoms with Crippen LogP contribution in [-0.4, -0.2) is 17.8 Å². The number of halogens is 3. The highest BCUT2D eigenvalue weighted by Crippen LogP contribution is 2.38. The van der Waals surface area contributed by atoms with Gasteiger partial charge in [0.15, 0.2) is 5.78 Å². The van der Waals surface area contributed by atoms with Gasteiger partial charge in [0.05, 0.1) is 6.54 Å². The number of alkyl halides is 3. The van der Waals surface area contributed by atoms with E-state index in [4.69, 9.17) is 5.73 Å². The summed E-state index contributed by atoms with van der Waals surface area (Å²) in [5.74, 6) is -0.498. The average molecular weight is 235 g/mol. The average Bonchev–Trinajstić information content (AvgIpc) is 2.15. The van der Waals surface area contributed by atoms with Crippen LogP contribution < -0.4 is 5.73 Å². The van der Waals surface area contributed by atoms with Crippen LogP contribution in [0.3, 0.4) is 0 Å². The van der Waals surface area contributed by atoms with Crippen molar-refractivity contribution >= 4 is 17.5 Å². The van der Waals surface area contributed by atoms with Crippen LogP contribution in [-0.2, 0) is 0 Å². The third-order valence-electron chi connectivity index (χ3n) is 1.60. The van der Waals surface area contributed by atoms with Crippen molar-refractivity contribution in [2.75, 3.05) is 6.54 Å². The Balaban J connectivity index is 3.02. The fourth-order valence-electron chi connectivity index (χ4n) is 1.02. The van der Waals surface area contributed by atoms with E-state index in [0.717, 1.165) is 0 Å². The Morgan fingerprint density at radius 1 is 1.33 bits per heavy atom. The molecule has 0 atom stereocenters. The lowest BCUT2D eigenvalue weighted by molar-refractivity contribution is -0.0328. The van der Waals surface area contributed by atoms with Crippen LogP contribution in [0.4, 0.5) is 13.2 Å². The van der Waals surface area contributed by atoms with E-state index in [-0.39, 0.29) is 28.8 Å². The van der Waals surface area contributed by atoms with Gasteiger partial charge in [-0.15, -0.1) is 0 Å². The summed E-state index contributed by atoms with van der Waals surface area (Å²) in [6.07, 6.45) is 0. The monoisotopic (exact) mass is 235 g/mol. The number of benzene rings is 1. The zero-order chi connectivity index (χ0) is 11.5. The van der Waals surface area contributed by atoms with Crippen molar-refractivity contribution in [1.82, 2.24) is 0 Å². The molecule has 0 saturated carbocycles. The van der Waals surface area contributed by atoms with Crippen LogP contribution in [0.2, 0.25) is 0 Å². The molecule has 1 aromatic carbocycles. The van der Waals surface area contributed by atoms with E-state index >= 15 is 0 Å². The zero-order valence-corrected chi connectivity index (χ0v) is 8.36. The Kier molecular flexibility index (Phi) is 3.76. The first-order chi connectivity index (χ1) is 6.94. The molecule has 0 heterocycles. The summed E-state index contributed by atoms with van der Waals surface area (Å²) in [4.78, 5) is 11.1. The van der Waals surface area contributed by atoms with E-state index in [2.05, 4.69) is 0 Å². The van der Waals surface area contributed by atoms with Crippen molar-refractivity contribution in [3.63, 3.8) is 0 Å². The fraction of sp³-hybridized carbons (Fsp3) is 0.222. The number of ketones is 1. The van der Waals surface area contributed by atoms with Crippen molar-refractivity contribution < 1.29 is 18.0 Å². The first-order valence-corrected chi connectivity index (χ1v) is 4.83. The van der Waals surface area contributed by atoms with Gasteiger partial charge in [0, 0.05) is 10.5 Å². The molecule has 0 fully saturated rings. The molecule has 0 amide bonds. The van der Waals surface area contributed by atoms with Crippen molar-refractivity contribution in [2.45, 2.75) is 10.4 Å². The second-order valence-electron chi connectivity index (χ2n) is 2.67. The van der Waals surface area contributed by atoms with Gasteiger partial charge in [-0.2, -0.15) is 13.2 Å². The molecule has 0 aliphatic carbocycles. The Morgan fingerprint density at radius 3 is 2.47 bits per heavy atom. The largest absolute Gasteiger partial charge is 0.446 e. The summed E-state index contributed by atoms with van der Waals surface area (Å²) in [5.41, 5.74) is 0.715. The number of hydrogen-bond acceptors (Lipinski definition) is 3. The van der Waals surface area contributed by atoms with Crippen LogP contribution in [0.25, 0.3) is 0 Å². The van der Waals surface area contributed by atoms with Crippen LogP contribution in [0, 0.1) is 0 Å². The maximum Gasteiger partial charge on any atom is 0.446 e. The third kappa shape index (κ3) is 3.56. The first-order valence-electron chi connectivity index (χ1n) is 4.02. The normalized spacial score (nSPS) is 11.5. The molecular weight excluding hydrogens is 227 g/mol. The van der Waals surface area contributed by atoms with Gasteiger partial charge in [0.2, 0.25) is 0 Å².